The van der Waals surface area contributed by atoms with Gasteiger partial charge in [-0.2, -0.15) is 0 Å². The highest BCUT2D eigenvalue weighted by molar-refractivity contribution is 5.91. The number of ether oxygens (including phenoxy) is 1. The fraction of sp³-hybridized carbons (Fsp3) is 0.250. The number of carbonyl (C=O) groups is 1. The number of nitrogens with zero attached hydrogens (tertiary/aromatic N) is 2. The first-order chi connectivity index (χ1) is 9.15. The van der Waals surface area contributed by atoms with Crippen LogP contribution in [0.3, 0.4) is 0 Å². The first-order valence-electron chi connectivity index (χ1n) is 5.61. The highest BCUT2D eigenvalue weighted by Crippen LogP contribution is 2.07. The predicted octanol–water partition coefficient (Wildman–Crippen LogP) is 0.285. The van der Waals surface area contributed by atoms with Crippen molar-refractivity contribution in [2.45, 2.75) is 0 Å². The van der Waals surface area contributed by atoms with Gasteiger partial charge in [0.15, 0.2) is 5.65 Å². The molecule has 0 saturated carbocycles. The zero-order valence-corrected chi connectivity index (χ0v) is 10.3. The number of fused-ring (bicyclic) bond motifs is 1. The molecule has 0 saturated heterocycles. The summed E-state index contributed by atoms with van der Waals surface area (Å²) in [6, 6.07) is 3.14. The Morgan fingerprint density at radius 3 is 3.05 bits per heavy atom. The first kappa shape index (κ1) is 13.0. The van der Waals surface area contributed by atoms with E-state index in [0.717, 1.165) is 0 Å². The number of hydrogen-bond acceptors (Lipinski definition) is 5. The average Bonchev–Trinajstić information content (AvgIpc) is 2.41. The summed E-state index contributed by atoms with van der Waals surface area (Å²) in [5.74, 6) is -1.27. The molecular formula is C12H13N3O4. The molecule has 0 aliphatic heterocycles. The third-order valence-corrected chi connectivity index (χ3v) is 2.58. The Morgan fingerprint density at radius 1 is 1.58 bits per heavy atom. The summed E-state index contributed by atoms with van der Waals surface area (Å²) in [6.07, 6.45) is 2.77. The van der Waals surface area contributed by atoms with Gasteiger partial charge in [0.1, 0.15) is 5.56 Å². The van der Waals surface area contributed by atoms with E-state index >= 15 is 0 Å². The second-order valence-electron chi connectivity index (χ2n) is 3.82. The van der Waals surface area contributed by atoms with Gasteiger partial charge in [0.2, 0.25) is 5.43 Å². The molecule has 0 atom stereocenters. The molecule has 0 amide bonds. The molecule has 0 unspecified atom stereocenters. The Labute approximate surface area is 108 Å². The summed E-state index contributed by atoms with van der Waals surface area (Å²) >= 11 is 0. The molecule has 0 radical (unpaired) electrons. The fourth-order valence-corrected chi connectivity index (χ4v) is 1.70. The summed E-state index contributed by atoms with van der Waals surface area (Å²) in [5, 5.41) is 9.29. The van der Waals surface area contributed by atoms with Crippen LogP contribution in [0.15, 0.2) is 29.3 Å². The van der Waals surface area contributed by atoms with Gasteiger partial charge in [-0.15, -0.1) is 0 Å². The molecule has 2 N–H and O–H groups in total. The number of pyridine rings is 2. The van der Waals surface area contributed by atoms with Crippen molar-refractivity contribution in [3.05, 3.63) is 40.3 Å². The lowest BCUT2D eigenvalue weighted by atomic mass is 10.2. The predicted molar refractivity (Wildman–Crippen MR) is 69.1 cm³/mol. The molecule has 7 nitrogen and oxygen atoms in total. The van der Waals surface area contributed by atoms with E-state index in [9.17, 15) is 9.59 Å². The van der Waals surface area contributed by atoms with Crippen molar-refractivity contribution < 1.29 is 14.6 Å². The number of carboxylic acids is 1. The molecule has 19 heavy (non-hydrogen) atoms. The lowest BCUT2D eigenvalue weighted by molar-refractivity contribution is 0.0695. The van der Waals surface area contributed by atoms with Crippen molar-refractivity contribution in [2.24, 2.45) is 0 Å². The van der Waals surface area contributed by atoms with Crippen molar-refractivity contribution in [3.8, 4) is 0 Å². The van der Waals surface area contributed by atoms with E-state index in [-0.39, 0.29) is 10.9 Å². The Morgan fingerprint density at radius 2 is 2.37 bits per heavy atom. The number of nitrogens with one attached hydrogen (secondary N) is 1. The summed E-state index contributed by atoms with van der Waals surface area (Å²) in [7, 11) is 1.56. The van der Waals surface area contributed by atoms with E-state index in [1.54, 1.807) is 19.2 Å². The summed E-state index contributed by atoms with van der Waals surface area (Å²) in [6.45, 7) is 0.910. The summed E-state index contributed by atoms with van der Waals surface area (Å²) < 4.78 is 6.33. The fourth-order valence-electron chi connectivity index (χ4n) is 1.70. The number of aromatic carboxylic acids is 1. The van der Waals surface area contributed by atoms with Crippen LogP contribution in [0.4, 0.5) is 0 Å². The average molecular weight is 263 g/mol. The molecule has 2 rings (SSSR count). The van der Waals surface area contributed by atoms with Crippen molar-refractivity contribution >= 4 is 17.0 Å². The molecule has 0 fully saturated rings. The zero-order valence-electron chi connectivity index (χ0n) is 10.3. The van der Waals surface area contributed by atoms with E-state index in [2.05, 4.69) is 10.4 Å². The SMILES string of the molecule is COCCNn1cc(C(=O)O)c(=O)c2cccnc21. The lowest BCUT2D eigenvalue weighted by Crippen LogP contribution is -2.26. The lowest BCUT2D eigenvalue weighted by Gasteiger charge is -2.13. The largest absolute Gasteiger partial charge is 0.477 e. The van der Waals surface area contributed by atoms with Crippen LogP contribution in [0.5, 0.6) is 0 Å². The van der Waals surface area contributed by atoms with Gasteiger partial charge in [0, 0.05) is 19.5 Å². The minimum Gasteiger partial charge on any atom is -0.477 e. The number of rotatable bonds is 5. The van der Waals surface area contributed by atoms with Gasteiger partial charge in [0.25, 0.3) is 0 Å². The molecule has 0 aromatic carbocycles. The van der Waals surface area contributed by atoms with Gasteiger partial charge in [-0.25, -0.2) is 14.5 Å². The third kappa shape index (κ3) is 2.55. The van der Waals surface area contributed by atoms with Crippen LogP contribution in [0.1, 0.15) is 10.4 Å². The number of methoxy groups -OCH3 is 1. The Kier molecular flexibility index (Phi) is 3.76. The van der Waals surface area contributed by atoms with Crippen LogP contribution in [0, 0.1) is 0 Å². The van der Waals surface area contributed by atoms with Gasteiger partial charge in [-0.1, -0.05) is 0 Å². The van der Waals surface area contributed by atoms with E-state index in [1.807, 2.05) is 0 Å². The van der Waals surface area contributed by atoms with Crippen molar-refractivity contribution in [2.75, 3.05) is 25.7 Å². The maximum absolute atomic E-state index is 12.0. The molecule has 100 valence electrons. The van der Waals surface area contributed by atoms with E-state index in [4.69, 9.17) is 9.84 Å². The van der Waals surface area contributed by atoms with Crippen LogP contribution < -0.4 is 10.9 Å². The molecule has 0 aliphatic rings. The molecular weight excluding hydrogens is 250 g/mol. The maximum atomic E-state index is 12.0. The third-order valence-electron chi connectivity index (χ3n) is 2.58. The van der Waals surface area contributed by atoms with E-state index in [1.165, 1.54) is 17.1 Å². The molecule has 2 aromatic heterocycles. The Hall–Kier alpha value is -2.41. The zero-order chi connectivity index (χ0) is 13.8. The van der Waals surface area contributed by atoms with Crippen LogP contribution in [-0.4, -0.2) is 41.0 Å². The van der Waals surface area contributed by atoms with Crippen LogP contribution in [0.25, 0.3) is 11.0 Å². The molecule has 2 aromatic rings. The van der Waals surface area contributed by atoms with Crippen molar-refractivity contribution in [1.29, 1.82) is 0 Å². The van der Waals surface area contributed by atoms with Gasteiger partial charge >= 0.3 is 5.97 Å². The van der Waals surface area contributed by atoms with Crippen molar-refractivity contribution in [3.63, 3.8) is 0 Å². The van der Waals surface area contributed by atoms with Gasteiger partial charge in [-0.3, -0.25) is 4.79 Å². The minimum absolute atomic E-state index is 0.257. The van der Waals surface area contributed by atoms with Gasteiger partial charge < -0.3 is 15.3 Å². The number of hydrogen-bond donors (Lipinski definition) is 2. The van der Waals surface area contributed by atoms with Crippen LogP contribution >= 0.6 is 0 Å². The van der Waals surface area contributed by atoms with Crippen LogP contribution in [0.2, 0.25) is 0 Å². The quantitative estimate of drug-likeness (QED) is 0.753. The second kappa shape index (κ2) is 5.49. The molecule has 2 heterocycles. The minimum atomic E-state index is -1.27. The molecule has 7 heteroatoms. The first-order valence-corrected chi connectivity index (χ1v) is 5.61. The topological polar surface area (TPSA) is 93.5 Å². The highest BCUT2D eigenvalue weighted by Gasteiger charge is 2.14. The van der Waals surface area contributed by atoms with E-state index in [0.29, 0.717) is 18.8 Å². The van der Waals surface area contributed by atoms with Gasteiger partial charge in [0.05, 0.1) is 18.5 Å². The monoisotopic (exact) mass is 263 g/mol. The summed E-state index contributed by atoms with van der Waals surface area (Å²) in [5.41, 5.74) is 2.48. The number of carboxylic acid groups (broad SMARTS) is 1. The molecule has 0 aliphatic carbocycles. The van der Waals surface area contributed by atoms with Crippen molar-refractivity contribution in [1.82, 2.24) is 9.66 Å². The highest BCUT2D eigenvalue weighted by atomic mass is 16.5. The van der Waals surface area contributed by atoms with E-state index < -0.39 is 11.4 Å². The smallest absolute Gasteiger partial charge is 0.341 e. The Bertz CT molecular complexity index is 666. The normalized spacial score (nSPS) is 10.6. The second-order valence-corrected chi connectivity index (χ2v) is 3.82. The summed E-state index contributed by atoms with van der Waals surface area (Å²) in [4.78, 5) is 27.1. The Balaban J connectivity index is 2.58. The molecule has 0 bridgehead atoms. The standard InChI is InChI=1S/C12H13N3O4/c1-19-6-5-14-15-7-9(12(17)18)10(16)8-3-2-4-13-11(8)15/h2-4,7,14H,5-6H2,1H3,(H,17,18). The molecule has 0 spiro atoms. The maximum Gasteiger partial charge on any atom is 0.341 e. The van der Waals surface area contributed by atoms with Crippen LogP contribution in [-0.2, 0) is 4.74 Å². The number of aromatic nitrogens is 2. The van der Waals surface area contributed by atoms with Gasteiger partial charge in [-0.05, 0) is 12.1 Å².